The van der Waals surface area contributed by atoms with Gasteiger partial charge in [0.15, 0.2) is 0 Å². The molecule has 0 radical (unpaired) electrons. The standard InChI is InChI=1S/C15H15BrN2O3/c1-10-3-6-15(18(19)20)14(7-10)17-9-11-8-12(21-2)4-5-13(11)16/h3-8,17H,9H2,1-2H3. The van der Waals surface area contributed by atoms with E-state index in [1.165, 1.54) is 6.07 Å². The maximum atomic E-state index is 11.0. The molecule has 0 atom stereocenters. The van der Waals surface area contributed by atoms with E-state index in [0.717, 1.165) is 21.3 Å². The van der Waals surface area contributed by atoms with Crippen LogP contribution in [0.25, 0.3) is 0 Å². The van der Waals surface area contributed by atoms with E-state index in [0.29, 0.717) is 12.2 Å². The third-order valence-electron chi connectivity index (χ3n) is 3.07. The number of ether oxygens (including phenoxy) is 1. The van der Waals surface area contributed by atoms with Gasteiger partial charge < -0.3 is 10.1 Å². The van der Waals surface area contributed by atoms with Crippen molar-refractivity contribution in [1.29, 1.82) is 0 Å². The lowest BCUT2D eigenvalue weighted by Gasteiger charge is -2.11. The van der Waals surface area contributed by atoms with Crippen LogP contribution in [0.5, 0.6) is 5.75 Å². The Morgan fingerprint density at radius 2 is 2.05 bits per heavy atom. The summed E-state index contributed by atoms with van der Waals surface area (Å²) >= 11 is 3.47. The molecule has 110 valence electrons. The summed E-state index contributed by atoms with van der Waals surface area (Å²) in [5.74, 6) is 0.744. The smallest absolute Gasteiger partial charge is 0.292 e. The zero-order valence-electron chi connectivity index (χ0n) is 11.7. The Kier molecular flexibility index (Phi) is 4.80. The van der Waals surface area contributed by atoms with Crippen molar-refractivity contribution in [1.82, 2.24) is 0 Å². The van der Waals surface area contributed by atoms with Gasteiger partial charge >= 0.3 is 0 Å². The quantitative estimate of drug-likeness (QED) is 0.645. The molecule has 0 aliphatic heterocycles. The van der Waals surface area contributed by atoms with E-state index >= 15 is 0 Å². The number of benzene rings is 2. The van der Waals surface area contributed by atoms with E-state index in [4.69, 9.17) is 4.74 Å². The lowest BCUT2D eigenvalue weighted by Crippen LogP contribution is -2.04. The minimum absolute atomic E-state index is 0.0691. The van der Waals surface area contributed by atoms with Gasteiger partial charge in [0.2, 0.25) is 0 Å². The molecule has 5 nitrogen and oxygen atoms in total. The van der Waals surface area contributed by atoms with Gasteiger partial charge in [-0.3, -0.25) is 10.1 Å². The molecule has 1 N–H and O–H groups in total. The zero-order valence-corrected chi connectivity index (χ0v) is 13.3. The van der Waals surface area contributed by atoms with Gasteiger partial charge in [-0.25, -0.2) is 0 Å². The molecule has 0 unspecified atom stereocenters. The fourth-order valence-electron chi connectivity index (χ4n) is 1.95. The van der Waals surface area contributed by atoms with Gasteiger partial charge in [-0.1, -0.05) is 22.0 Å². The summed E-state index contributed by atoms with van der Waals surface area (Å²) in [6.45, 7) is 2.36. The highest BCUT2D eigenvalue weighted by Gasteiger charge is 2.13. The monoisotopic (exact) mass is 350 g/mol. The predicted molar refractivity (Wildman–Crippen MR) is 85.9 cm³/mol. The largest absolute Gasteiger partial charge is 0.497 e. The Morgan fingerprint density at radius 1 is 1.29 bits per heavy atom. The molecule has 0 aliphatic carbocycles. The first kappa shape index (κ1) is 15.3. The Hall–Kier alpha value is -2.08. The van der Waals surface area contributed by atoms with Crippen LogP contribution >= 0.6 is 15.9 Å². The Labute approximate surface area is 131 Å². The maximum absolute atomic E-state index is 11.0. The van der Waals surface area contributed by atoms with Gasteiger partial charge in [0, 0.05) is 17.1 Å². The number of halogens is 1. The van der Waals surface area contributed by atoms with Gasteiger partial charge in [0.25, 0.3) is 5.69 Å². The fraction of sp³-hybridized carbons (Fsp3) is 0.200. The highest BCUT2D eigenvalue weighted by molar-refractivity contribution is 9.10. The molecule has 2 aromatic rings. The molecule has 0 amide bonds. The summed E-state index contributed by atoms with van der Waals surface area (Å²) in [4.78, 5) is 10.7. The second kappa shape index (κ2) is 6.58. The van der Waals surface area contributed by atoms with Crippen LogP contribution in [0.3, 0.4) is 0 Å². The molecule has 0 bridgehead atoms. The van der Waals surface area contributed by atoms with Gasteiger partial charge in [-0.05, 0) is 42.3 Å². The molecule has 0 aliphatic rings. The molecular weight excluding hydrogens is 336 g/mol. The number of nitro groups is 1. The second-order valence-electron chi connectivity index (χ2n) is 4.59. The summed E-state index contributed by atoms with van der Waals surface area (Å²) in [5.41, 5.74) is 2.51. The number of nitro benzene ring substituents is 1. The van der Waals surface area contributed by atoms with Crippen LogP contribution in [-0.2, 0) is 6.54 Å². The number of nitrogens with zero attached hydrogens (tertiary/aromatic N) is 1. The van der Waals surface area contributed by atoms with E-state index < -0.39 is 0 Å². The van der Waals surface area contributed by atoms with Crippen molar-refractivity contribution in [2.75, 3.05) is 12.4 Å². The van der Waals surface area contributed by atoms with E-state index in [2.05, 4.69) is 21.2 Å². The second-order valence-corrected chi connectivity index (χ2v) is 5.44. The van der Waals surface area contributed by atoms with E-state index in [1.807, 2.05) is 25.1 Å². The summed E-state index contributed by atoms with van der Waals surface area (Å²) in [6, 6.07) is 10.6. The van der Waals surface area contributed by atoms with Crippen LogP contribution in [-0.4, -0.2) is 12.0 Å². The number of anilines is 1. The first-order valence-corrected chi connectivity index (χ1v) is 7.12. The summed E-state index contributed by atoms with van der Waals surface area (Å²) in [5, 5.41) is 14.2. The molecule has 0 fully saturated rings. The van der Waals surface area contributed by atoms with Crippen LogP contribution in [0.15, 0.2) is 40.9 Å². The van der Waals surface area contributed by atoms with E-state index in [9.17, 15) is 10.1 Å². The summed E-state index contributed by atoms with van der Waals surface area (Å²) in [7, 11) is 1.60. The highest BCUT2D eigenvalue weighted by atomic mass is 79.9. The lowest BCUT2D eigenvalue weighted by atomic mass is 10.1. The lowest BCUT2D eigenvalue weighted by molar-refractivity contribution is -0.384. The first-order chi connectivity index (χ1) is 10.0. The average Bonchev–Trinajstić information content (AvgIpc) is 2.46. The molecule has 0 aromatic heterocycles. The molecule has 21 heavy (non-hydrogen) atoms. The topological polar surface area (TPSA) is 64.4 Å². The number of methoxy groups -OCH3 is 1. The number of hydrogen-bond acceptors (Lipinski definition) is 4. The maximum Gasteiger partial charge on any atom is 0.292 e. The number of aryl methyl sites for hydroxylation is 1. The summed E-state index contributed by atoms with van der Waals surface area (Å²) < 4.78 is 6.11. The summed E-state index contributed by atoms with van der Waals surface area (Å²) in [6.07, 6.45) is 0. The Bertz CT molecular complexity index is 674. The number of hydrogen-bond donors (Lipinski definition) is 1. The Morgan fingerprint density at radius 3 is 2.71 bits per heavy atom. The molecule has 6 heteroatoms. The third-order valence-corrected chi connectivity index (χ3v) is 3.84. The molecule has 0 spiro atoms. The van der Waals surface area contributed by atoms with Crippen molar-refractivity contribution in [2.45, 2.75) is 13.5 Å². The molecule has 2 rings (SSSR count). The van der Waals surface area contributed by atoms with Crippen LogP contribution in [0.2, 0.25) is 0 Å². The van der Waals surface area contributed by atoms with Gasteiger partial charge in [-0.15, -0.1) is 0 Å². The normalized spacial score (nSPS) is 10.2. The van der Waals surface area contributed by atoms with Gasteiger partial charge in [-0.2, -0.15) is 0 Å². The van der Waals surface area contributed by atoms with Gasteiger partial charge in [0.1, 0.15) is 11.4 Å². The van der Waals surface area contributed by atoms with Crippen LogP contribution in [0.1, 0.15) is 11.1 Å². The van der Waals surface area contributed by atoms with Crippen molar-refractivity contribution in [3.8, 4) is 5.75 Å². The number of rotatable bonds is 5. The molecule has 0 heterocycles. The van der Waals surface area contributed by atoms with Crippen LogP contribution in [0.4, 0.5) is 11.4 Å². The van der Waals surface area contributed by atoms with Crippen molar-refractivity contribution < 1.29 is 9.66 Å². The first-order valence-electron chi connectivity index (χ1n) is 6.32. The van der Waals surface area contributed by atoms with Crippen molar-refractivity contribution >= 4 is 27.3 Å². The van der Waals surface area contributed by atoms with Gasteiger partial charge in [0.05, 0.1) is 12.0 Å². The molecule has 0 saturated heterocycles. The predicted octanol–water partition coefficient (Wildman–Crippen LogP) is 4.29. The average molecular weight is 351 g/mol. The minimum atomic E-state index is -0.387. The van der Waals surface area contributed by atoms with Crippen LogP contribution in [0, 0.1) is 17.0 Å². The number of nitrogens with one attached hydrogen (secondary N) is 1. The SMILES string of the molecule is COc1ccc(Br)c(CNc2cc(C)ccc2[N+](=O)[O-])c1. The van der Waals surface area contributed by atoms with E-state index in [1.54, 1.807) is 19.2 Å². The van der Waals surface area contributed by atoms with Crippen molar-refractivity contribution in [3.63, 3.8) is 0 Å². The highest BCUT2D eigenvalue weighted by Crippen LogP contribution is 2.28. The Balaban J connectivity index is 2.24. The zero-order chi connectivity index (χ0) is 15.4. The van der Waals surface area contributed by atoms with Crippen LogP contribution < -0.4 is 10.1 Å². The van der Waals surface area contributed by atoms with E-state index in [-0.39, 0.29) is 10.6 Å². The molecule has 0 saturated carbocycles. The molecular formula is C15H15BrN2O3. The van der Waals surface area contributed by atoms with Crippen molar-refractivity contribution in [3.05, 3.63) is 62.1 Å². The molecule has 2 aromatic carbocycles. The van der Waals surface area contributed by atoms with Crippen molar-refractivity contribution in [2.24, 2.45) is 0 Å². The minimum Gasteiger partial charge on any atom is -0.497 e. The fourth-order valence-corrected chi connectivity index (χ4v) is 2.34. The third kappa shape index (κ3) is 3.72.